The van der Waals surface area contributed by atoms with Crippen LogP contribution in [0.15, 0.2) is 28.7 Å². The van der Waals surface area contributed by atoms with Crippen molar-refractivity contribution in [1.29, 1.82) is 0 Å². The highest BCUT2D eigenvalue weighted by Crippen LogP contribution is 2.29. The van der Waals surface area contributed by atoms with Crippen molar-refractivity contribution in [2.75, 3.05) is 6.54 Å². The van der Waals surface area contributed by atoms with Gasteiger partial charge in [0.1, 0.15) is 17.1 Å². The lowest BCUT2D eigenvalue weighted by atomic mass is 9.96. The van der Waals surface area contributed by atoms with Gasteiger partial charge in [0.15, 0.2) is 5.89 Å². The van der Waals surface area contributed by atoms with Crippen LogP contribution in [0.5, 0.6) is 0 Å². The SMILES string of the molecule is Cc1oc(CC2CCCCN2C(=O)c2ccccc2CC(F)(F)F)nc1C(C)(C)O. The molecule has 1 atom stereocenters. The molecule has 0 saturated carbocycles. The Bertz CT molecular complexity index is 900. The lowest BCUT2D eigenvalue weighted by Gasteiger charge is -2.35. The molecule has 1 aromatic heterocycles. The number of likely N-dealkylation sites (tertiary alicyclic amines) is 1. The van der Waals surface area contributed by atoms with Crippen molar-refractivity contribution in [3.8, 4) is 0 Å². The van der Waals surface area contributed by atoms with Gasteiger partial charge in [0.05, 0.1) is 6.42 Å². The van der Waals surface area contributed by atoms with Crippen LogP contribution in [0.1, 0.15) is 66.4 Å². The number of amides is 1. The molecule has 1 saturated heterocycles. The average Bonchev–Trinajstić information content (AvgIpc) is 3.01. The number of rotatable bonds is 5. The minimum absolute atomic E-state index is 0.0180. The maximum absolute atomic E-state index is 13.2. The number of carbonyl (C=O) groups excluding carboxylic acids is 1. The molecule has 164 valence electrons. The summed E-state index contributed by atoms with van der Waals surface area (Å²) in [4.78, 5) is 19.3. The van der Waals surface area contributed by atoms with Gasteiger partial charge >= 0.3 is 6.18 Å². The summed E-state index contributed by atoms with van der Waals surface area (Å²) in [6.45, 7) is 5.44. The van der Waals surface area contributed by atoms with Crippen molar-refractivity contribution >= 4 is 5.91 Å². The van der Waals surface area contributed by atoms with E-state index in [1.165, 1.54) is 18.2 Å². The summed E-state index contributed by atoms with van der Waals surface area (Å²) < 4.78 is 44.6. The van der Waals surface area contributed by atoms with Gasteiger partial charge in [0, 0.05) is 24.6 Å². The molecule has 1 aliphatic heterocycles. The highest BCUT2D eigenvalue weighted by molar-refractivity contribution is 5.96. The lowest BCUT2D eigenvalue weighted by molar-refractivity contribution is -0.127. The highest BCUT2D eigenvalue weighted by atomic mass is 19.4. The van der Waals surface area contributed by atoms with E-state index in [2.05, 4.69) is 4.98 Å². The molecule has 1 N–H and O–H groups in total. The standard InChI is InChI=1S/C22H27F3N2O3/c1-14-19(21(2,3)29)26-18(30-14)12-16-9-6-7-11-27(16)20(28)17-10-5-4-8-15(17)13-22(23,24)25/h4-5,8,10,16,29H,6-7,9,11-13H2,1-3H3. The van der Waals surface area contributed by atoms with Gasteiger partial charge in [-0.15, -0.1) is 0 Å². The van der Waals surface area contributed by atoms with Crippen LogP contribution in [0.3, 0.4) is 0 Å². The molecule has 1 amide bonds. The van der Waals surface area contributed by atoms with E-state index in [0.29, 0.717) is 36.7 Å². The number of aryl methyl sites for hydroxylation is 1. The Labute approximate surface area is 173 Å². The third kappa shape index (κ3) is 5.22. The number of hydrogen-bond acceptors (Lipinski definition) is 4. The number of benzene rings is 1. The van der Waals surface area contributed by atoms with Crippen LogP contribution >= 0.6 is 0 Å². The number of piperidine rings is 1. The summed E-state index contributed by atoms with van der Waals surface area (Å²) in [7, 11) is 0. The second-order valence-electron chi connectivity index (χ2n) is 8.37. The van der Waals surface area contributed by atoms with Crippen LogP contribution < -0.4 is 0 Å². The second-order valence-corrected chi connectivity index (χ2v) is 8.37. The molecule has 0 bridgehead atoms. The number of hydrogen-bond donors (Lipinski definition) is 1. The minimum Gasteiger partial charge on any atom is -0.446 e. The summed E-state index contributed by atoms with van der Waals surface area (Å²) in [6, 6.07) is 5.68. The number of alkyl halides is 3. The van der Waals surface area contributed by atoms with Gasteiger partial charge in [-0.1, -0.05) is 18.2 Å². The smallest absolute Gasteiger partial charge is 0.393 e. The van der Waals surface area contributed by atoms with Crippen molar-refractivity contribution in [3.63, 3.8) is 0 Å². The number of aromatic nitrogens is 1. The molecule has 2 heterocycles. The molecule has 1 fully saturated rings. The van der Waals surface area contributed by atoms with Crippen LogP contribution in [-0.4, -0.2) is 39.7 Å². The van der Waals surface area contributed by atoms with Crippen molar-refractivity contribution in [2.24, 2.45) is 0 Å². The molecule has 0 radical (unpaired) electrons. The maximum Gasteiger partial charge on any atom is 0.393 e. The van der Waals surface area contributed by atoms with E-state index in [9.17, 15) is 23.1 Å². The second kappa shape index (κ2) is 8.41. The van der Waals surface area contributed by atoms with Crippen molar-refractivity contribution < 1.29 is 27.5 Å². The number of aliphatic hydroxyl groups is 1. The Hall–Kier alpha value is -2.35. The first-order valence-corrected chi connectivity index (χ1v) is 10.1. The summed E-state index contributed by atoms with van der Waals surface area (Å²) in [5.41, 5.74) is -0.635. The van der Waals surface area contributed by atoms with E-state index < -0.39 is 24.1 Å². The van der Waals surface area contributed by atoms with Gasteiger partial charge in [-0.05, 0) is 51.7 Å². The number of oxazole rings is 1. The summed E-state index contributed by atoms with van der Waals surface area (Å²) in [5, 5.41) is 10.2. The van der Waals surface area contributed by atoms with Gasteiger partial charge in [0.2, 0.25) is 0 Å². The molecule has 8 heteroatoms. The molecule has 0 aliphatic carbocycles. The Morgan fingerprint density at radius 3 is 2.60 bits per heavy atom. The van der Waals surface area contributed by atoms with E-state index in [4.69, 9.17) is 4.42 Å². The van der Waals surface area contributed by atoms with Gasteiger partial charge in [0.25, 0.3) is 5.91 Å². The van der Waals surface area contributed by atoms with Gasteiger partial charge in [-0.2, -0.15) is 13.2 Å². The first-order chi connectivity index (χ1) is 14.0. The highest BCUT2D eigenvalue weighted by Gasteiger charge is 2.34. The zero-order chi connectivity index (χ0) is 22.1. The van der Waals surface area contributed by atoms with Crippen molar-refractivity contribution in [1.82, 2.24) is 9.88 Å². The first-order valence-electron chi connectivity index (χ1n) is 10.1. The van der Waals surface area contributed by atoms with Crippen molar-refractivity contribution in [2.45, 2.75) is 70.7 Å². The first kappa shape index (κ1) is 22.3. The molecule has 2 aromatic rings. The Morgan fingerprint density at radius 2 is 1.97 bits per heavy atom. The molecule has 1 aliphatic rings. The Balaban J connectivity index is 1.84. The van der Waals surface area contributed by atoms with E-state index in [0.717, 1.165) is 12.8 Å². The predicted molar refractivity (Wildman–Crippen MR) is 105 cm³/mol. The Kier molecular flexibility index (Phi) is 6.26. The fourth-order valence-corrected chi connectivity index (χ4v) is 4.04. The quantitative estimate of drug-likeness (QED) is 0.765. The number of carbonyl (C=O) groups is 1. The van der Waals surface area contributed by atoms with E-state index in [1.54, 1.807) is 31.7 Å². The van der Waals surface area contributed by atoms with Crippen LogP contribution in [0.4, 0.5) is 13.2 Å². The number of halogens is 3. The normalized spacial score (nSPS) is 18.0. The third-order valence-corrected chi connectivity index (χ3v) is 5.36. The number of nitrogens with zero attached hydrogens (tertiary/aromatic N) is 2. The molecular formula is C22H27F3N2O3. The van der Waals surface area contributed by atoms with Crippen LogP contribution in [0, 0.1) is 6.92 Å². The summed E-state index contributed by atoms with van der Waals surface area (Å²) in [6.07, 6.45) is -2.75. The van der Waals surface area contributed by atoms with E-state index in [-0.39, 0.29) is 17.2 Å². The molecule has 30 heavy (non-hydrogen) atoms. The van der Waals surface area contributed by atoms with Gasteiger partial charge in [-0.25, -0.2) is 4.98 Å². The summed E-state index contributed by atoms with van der Waals surface area (Å²) >= 11 is 0. The van der Waals surface area contributed by atoms with Crippen LogP contribution in [0.25, 0.3) is 0 Å². The van der Waals surface area contributed by atoms with Gasteiger partial charge in [-0.3, -0.25) is 4.79 Å². The zero-order valence-corrected chi connectivity index (χ0v) is 17.4. The van der Waals surface area contributed by atoms with E-state index in [1.807, 2.05) is 0 Å². The summed E-state index contributed by atoms with van der Waals surface area (Å²) in [5.74, 6) is 0.533. The molecule has 5 nitrogen and oxygen atoms in total. The fraction of sp³-hybridized carbons (Fsp3) is 0.545. The molecular weight excluding hydrogens is 397 g/mol. The molecule has 0 spiro atoms. The van der Waals surface area contributed by atoms with Gasteiger partial charge < -0.3 is 14.4 Å². The minimum atomic E-state index is -4.39. The predicted octanol–water partition coefficient (Wildman–Crippen LogP) is 4.55. The third-order valence-electron chi connectivity index (χ3n) is 5.36. The lowest BCUT2D eigenvalue weighted by Crippen LogP contribution is -2.45. The monoisotopic (exact) mass is 424 g/mol. The maximum atomic E-state index is 13.2. The topological polar surface area (TPSA) is 66.6 Å². The van der Waals surface area contributed by atoms with E-state index >= 15 is 0 Å². The molecule has 1 aromatic carbocycles. The van der Waals surface area contributed by atoms with Crippen LogP contribution in [0.2, 0.25) is 0 Å². The largest absolute Gasteiger partial charge is 0.446 e. The Morgan fingerprint density at radius 1 is 1.27 bits per heavy atom. The zero-order valence-electron chi connectivity index (χ0n) is 17.4. The average molecular weight is 424 g/mol. The fourth-order valence-electron chi connectivity index (χ4n) is 4.04. The van der Waals surface area contributed by atoms with Crippen molar-refractivity contribution in [3.05, 3.63) is 52.7 Å². The molecule has 3 rings (SSSR count). The van der Waals surface area contributed by atoms with Crippen LogP contribution in [-0.2, 0) is 18.4 Å². The molecule has 1 unspecified atom stereocenters.